The summed E-state index contributed by atoms with van der Waals surface area (Å²) < 4.78 is 0. The molecule has 1 N–H and O–H groups in total. The molecule has 0 unspecified atom stereocenters. The number of terminal acetylenes is 1. The molecule has 5 nitrogen and oxygen atoms in total. The summed E-state index contributed by atoms with van der Waals surface area (Å²) in [6.07, 6.45) is 5.01. The average Bonchev–Trinajstić information content (AvgIpc) is 2.61. The zero-order valence-electron chi connectivity index (χ0n) is 9.77. The normalized spacial score (nSPS) is 13.2. The molecule has 1 aromatic rings. The first-order chi connectivity index (χ1) is 9.04. The minimum Gasteiger partial charge on any atom is -0.344 e. The highest BCUT2D eigenvalue weighted by Gasteiger charge is 2.36. The maximum atomic E-state index is 11.8. The number of carbonyl (C=O) groups excluding carboxylic acids is 3. The second kappa shape index (κ2) is 5.12. The molecule has 1 aromatic carbocycles. The summed E-state index contributed by atoms with van der Waals surface area (Å²) in [6.45, 7) is -0.177. The maximum Gasteiger partial charge on any atom is 0.299 e. The van der Waals surface area contributed by atoms with Gasteiger partial charge >= 0.3 is 0 Å². The number of Topliss-reactive ketones (excluding diaryl/α,β-unsaturated/α-hetero) is 1. The van der Waals surface area contributed by atoms with Gasteiger partial charge in [-0.25, -0.2) is 0 Å². The van der Waals surface area contributed by atoms with Gasteiger partial charge in [0.15, 0.2) is 0 Å². The topological polar surface area (TPSA) is 66.5 Å². The zero-order chi connectivity index (χ0) is 14.0. The molecule has 2 rings (SSSR count). The van der Waals surface area contributed by atoms with Gasteiger partial charge in [-0.15, -0.1) is 6.42 Å². The Morgan fingerprint density at radius 2 is 2.16 bits per heavy atom. The fraction of sp³-hybridized carbons (Fsp3) is 0.154. The lowest BCUT2D eigenvalue weighted by Gasteiger charge is -2.15. The lowest BCUT2D eigenvalue weighted by molar-refractivity contribution is -0.121. The number of halogens is 1. The van der Waals surface area contributed by atoms with Gasteiger partial charge < -0.3 is 5.32 Å². The largest absolute Gasteiger partial charge is 0.344 e. The Balaban J connectivity index is 2.24. The van der Waals surface area contributed by atoms with E-state index in [0.717, 1.165) is 4.90 Å². The van der Waals surface area contributed by atoms with Gasteiger partial charge in [0.25, 0.3) is 11.7 Å². The van der Waals surface area contributed by atoms with E-state index in [2.05, 4.69) is 11.2 Å². The molecule has 19 heavy (non-hydrogen) atoms. The van der Waals surface area contributed by atoms with E-state index in [9.17, 15) is 14.4 Å². The number of hydrogen-bond acceptors (Lipinski definition) is 3. The molecule has 0 fully saturated rings. The van der Waals surface area contributed by atoms with Crippen molar-refractivity contribution in [1.82, 2.24) is 5.32 Å². The van der Waals surface area contributed by atoms with Crippen LogP contribution in [-0.2, 0) is 9.59 Å². The van der Waals surface area contributed by atoms with Crippen LogP contribution in [0.25, 0.3) is 0 Å². The van der Waals surface area contributed by atoms with Gasteiger partial charge in [-0.3, -0.25) is 19.3 Å². The second-order valence-electron chi connectivity index (χ2n) is 3.86. The predicted octanol–water partition coefficient (Wildman–Crippen LogP) is 0.619. The van der Waals surface area contributed by atoms with Gasteiger partial charge in [0.05, 0.1) is 17.8 Å². The molecule has 96 valence electrons. The van der Waals surface area contributed by atoms with Crippen LogP contribution < -0.4 is 10.2 Å². The van der Waals surface area contributed by atoms with E-state index in [-0.39, 0.29) is 18.7 Å². The smallest absolute Gasteiger partial charge is 0.299 e. The summed E-state index contributed by atoms with van der Waals surface area (Å²) >= 11 is 5.77. The van der Waals surface area contributed by atoms with Crippen molar-refractivity contribution in [1.29, 1.82) is 0 Å². The van der Waals surface area contributed by atoms with Crippen LogP contribution in [0.5, 0.6) is 0 Å². The number of benzene rings is 1. The predicted molar refractivity (Wildman–Crippen MR) is 70.0 cm³/mol. The number of nitrogens with one attached hydrogen (secondary N) is 1. The van der Waals surface area contributed by atoms with Gasteiger partial charge in [0, 0.05) is 5.02 Å². The molecule has 1 aliphatic rings. The number of fused-ring (bicyclic) bond motifs is 1. The lowest BCUT2D eigenvalue weighted by atomic mass is 10.1. The van der Waals surface area contributed by atoms with Crippen LogP contribution >= 0.6 is 11.6 Å². The van der Waals surface area contributed by atoms with E-state index >= 15 is 0 Å². The molecule has 0 saturated carbocycles. The van der Waals surface area contributed by atoms with E-state index in [1.165, 1.54) is 12.1 Å². The second-order valence-corrected chi connectivity index (χ2v) is 4.30. The van der Waals surface area contributed by atoms with E-state index in [1.807, 2.05) is 0 Å². The number of hydrogen-bond donors (Lipinski definition) is 1. The van der Waals surface area contributed by atoms with E-state index in [4.69, 9.17) is 18.0 Å². The van der Waals surface area contributed by atoms with Crippen molar-refractivity contribution in [3.05, 3.63) is 28.8 Å². The number of nitrogens with zero attached hydrogens (tertiary/aromatic N) is 1. The summed E-state index contributed by atoms with van der Waals surface area (Å²) in [5.41, 5.74) is 0.595. The van der Waals surface area contributed by atoms with E-state index in [0.29, 0.717) is 10.7 Å². The van der Waals surface area contributed by atoms with Crippen LogP contribution in [0.2, 0.25) is 5.02 Å². The minimum atomic E-state index is -0.742. The van der Waals surface area contributed by atoms with Crippen molar-refractivity contribution in [3.63, 3.8) is 0 Å². The highest BCUT2D eigenvalue weighted by atomic mass is 35.5. The zero-order valence-corrected chi connectivity index (χ0v) is 10.5. The van der Waals surface area contributed by atoms with E-state index < -0.39 is 17.6 Å². The molecule has 2 amide bonds. The molecular formula is C13H9ClN2O3. The SMILES string of the molecule is C#CCNC(=O)CN1C(=O)C(=O)c2cc(Cl)ccc21. The van der Waals surface area contributed by atoms with Crippen LogP contribution in [0.4, 0.5) is 5.69 Å². The Hall–Kier alpha value is -2.32. The van der Waals surface area contributed by atoms with Gasteiger partial charge in [0.1, 0.15) is 6.54 Å². The minimum absolute atomic E-state index is 0.0717. The number of amides is 2. The molecule has 0 radical (unpaired) electrons. The molecule has 1 aliphatic heterocycles. The molecular weight excluding hydrogens is 268 g/mol. The quantitative estimate of drug-likeness (QED) is 0.650. The Labute approximate surface area is 114 Å². The highest BCUT2D eigenvalue weighted by Crippen LogP contribution is 2.30. The molecule has 0 aliphatic carbocycles. The Kier molecular flexibility index (Phi) is 3.54. The molecule has 0 spiro atoms. The van der Waals surface area contributed by atoms with Crippen LogP contribution in [0.1, 0.15) is 10.4 Å². The third-order valence-corrected chi connectivity index (χ3v) is 2.86. The van der Waals surface area contributed by atoms with Crippen LogP contribution in [0.3, 0.4) is 0 Å². The third kappa shape index (κ3) is 2.44. The standard InChI is InChI=1S/C13H9ClN2O3/c1-2-5-15-11(17)7-16-10-4-3-8(14)6-9(10)12(18)13(16)19/h1,3-4,6H,5,7H2,(H,15,17). The number of ketones is 1. The Morgan fingerprint density at radius 3 is 2.84 bits per heavy atom. The number of anilines is 1. The average molecular weight is 277 g/mol. The van der Waals surface area contributed by atoms with Gasteiger partial charge in [-0.1, -0.05) is 17.5 Å². The number of carbonyl (C=O) groups is 3. The van der Waals surface area contributed by atoms with Gasteiger partial charge in [0.2, 0.25) is 5.91 Å². The van der Waals surface area contributed by atoms with E-state index in [1.54, 1.807) is 6.07 Å². The Morgan fingerprint density at radius 1 is 1.42 bits per heavy atom. The summed E-state index contributed by atoms with van der Waals surface area (Å²) in [6, 6.07) is 4.50. The van der Waals surface area contributed by atoms with Crippen molar-refractivity contribution in [2.24, 2.45) is 0 Å². The van der Waals surface area contributed by atoms with Crippen molar-refractivity contribution in [2.75, 3.05) is 18.0 Å². The number of rotatable bonds is 3. The van der Waals surface area contributed by atoms with Crippen molar-refractivity contribution in [2.45, 2.75) is 0 Å². The molecule has 0 aromatic heterocycles. The third-order valence-electron chi connectivity index (χ3n) is 2.62. The summed E-state index contributed by atoms with van der Waals surface area (Å²) in [5.74, 6) is 0.414. The summed E-state index contributed by atoms with van der Waals surface area (Å²) in [7, 11) is 0. The summed E-state index contributed by atoms with van der Waals surface area (Å²) in [4.78, 5) is 36.2. The highest BCUT2D eigenvalue weighted by molar-refractivity contribution is 6.53. The maximum absolute atomic E-state index is 11.8. The molecule has 1 heterocycles. The lowest BCUT2D eigenvalue weighted by Crippen LogP contribution is -2.40. The summed E-state index contributed by atoms with van der Waals surface area (Å²) in [5, 5.41) is 2.79. The van der Waals surface area contributed by atoms with Crippen LogP contribution in [-0.4, -0.2) is 30.7 Å². The molecule has 0 bridgehead atoms. The van der Waals surface area contributed by atoms with Gasteiger partial charge in [-0.05, 0) is 18.2 Å². The fourth-order valence-corrected chi connectivity index (χ4v) is 1.95. The van der Waals surface area contributed by atoms with Gasteiger partial charge in [-0.2, -0.15) is 0 Å². The van der Waals surface area contributed by atoms with Crippen molar-refractivity contribution in [3.8, 4) is 12.3 Å². The Bertz CT molecular complexity index is 619. The van der Waals surface area contributed by atoms with Crippen LogP contribution in [0, 0.1) is 12.3 Å². The monoisotopic (exact) mass is 276 g/mol. The first-order valence-electron chi connectivity index (χ1n) is 5.40. The molecule has 0 saturated heterocycles. The molecule has 0 atom stereocenters. The van der Waals surface area contributed by atoms with Crippen molar-refractivity contribution >= 4 is 34.9 Å². The van der Waals surface area contributed by atoms with Crippen LogP contribution in [0.15, 0.2) is 18.2 Å². The van der Waals surface area contributed by atoms with Crippen molar-refractivity contribution < 1.29 is 14.4 Å². The first-order valence-corrected chi connectivity index (χ1v) is 5.78. The first kappa shape index (κ1) is 13.1. The fourth-order valence-electron chi connectivity index (χ4n) is 1.78. The molecule has 6 heteroatoms.